The van der Waals surface area contributed by atoms with Crippen LogP contribution in [0.4, 0.5) is 5.69 Å². The molecular weight excluding hydrogens is 542 g/mol. The molecular formula is C27H30BrN3O4S. The molecule has 2 amide bonds. The van der Waals surface area contributed by atoms with Gasteiger partial charge in [0.2, 0.25) is 11.8 Å². The van der Waals surface area contributed by atoms with Gasteiger partial charge in [-0.15, -0.1) is 0 Å². The molecule has 1 unspecified atom stereocenters. The molecule has 0 aliphatic rings. The number of sulfonamides is 1. The molecule has 3 aromatic carbocycles. The van der Waals surface area contributed by atoms with Crippen LogP contribution in [0.25, 0.3) is 0 Å². The van der Waals surface area contributed by atoms with Crippen molar-refractivity contribution in [3.63, 3.8) is 0 Å². The second kappa shape index (κ2) is 11.7. The maximum atomic E-state index is 13.7. The molecule has 0 aliphatic heterocycles. The molecule has 0 aliphatic carbocycles. The molecule has 0 aromatic heterocycles. The van der Waals surface area contributed by atoms with Crippen LogP contribution < -0.4 is 9.62 Å². The van der Waals surface area contributed by atoms with E-state index in [1.54, 1.807) is 43.3 Å². The van der Waals surface area contributed by atoms with E-state index in [9.17, 15) is 18.0 Å². The number of amides is 2. The Bertz CT molecular complexity index is 1340. The van der Waals surface area contributed by atoms with Gasteiger partial charge in [-0.2, -0.15) is 0 Å². The van der Waals surface area contributed by atoms with Gasteiger partial charge in [-0.3, -0.25) is 13.9 Å². The van der Waals surface area contributed by atoms with E-state index in [4.69, 9.17) is 0 Å². The number of rotatable bonds is 9. The number of nitrogens with one attached hydrogen (secondary N) is 1. The Kier molecular flexibility index (Phi) is 8.92. The molecule has 0 saturated carbocycles. The monoisotopic (exact) mass is 571 g/mol. The number of nitrogens with zero attached hydrogens (tertiary/aromatic N) is 2. The maximum absolute atomic E-state index is 13.7. The van der Waals surface area contributed by atoms with Crippen LogP contribution >= 0.6 is 15.9 Å². The molecule has 0 spiro atoms. The normalized spacial score (nSPS) is 12.0. The lowest BCUT2D eigenvalue weighted by molar-refractivity contribution is -0.139. The molecule has 0 fully saturated rings. The topological polar surface area (TPSA) is 86.8 Å². The average Bonchev–Trinajstić information content (AvgIpc) is 2.85. The standard InChI is InChI=1S/C27H30BrN3O4S/c1-19-12-14-25(15-13-19)36(34,35)31(24-11-7-10-23(28)16-24)18-26(32)30(21(3)27(33)29-4)17-22-9-6-5-8-20(22)2/h5-16,21H,17-18H2,1-4H3,(H,29,33). The molecule has 0 bridgehead atoms. The van der Waals surface area contributed by atoms with E-state index >= 15 is 0 Å². The van der Waals surface area contributed by atoms with Crippen LogP contribution in [0, 0.1) is 13.8 Å². The molecule has 3 aromatic rings. The van der Waals surface area contributed by atoms with Gasteiger partial charge in [0, 0.05) is 18.1 Å². The summed E-state index contributed by atoms with van der Waals surface area (Å²) in [6.07, 6.45) is 0. The summed E-state index contributed by atoms with van der Waals surface area (Å²) in [5.41, 5.74) is 3.09. The number of carbonyl (C=O) groups excluding carboxylic acids is 2. The van der Waals surface area contributed by atoms with E-state index in [2.05, 4.69) is 21.2 Å². The lowest BCUT2D eigenvalue weighted by Crippen LogP contribution is -2.50. The molecule has 36 heavy (non-hydrogen) atoms. The first-order valence-electron chi connectivity index (χ1n) is 11.4. The maximum Gasteiger partial charge on any atom is 0.264 e. The number of anilines is 1. The highest BCUT2D eigenvalue weighted by Gasteiger charge is 2.32. The van der Waals surface area contributed by atoms with Crippen molar-refractivity contribution in [2.24, 2.45) is 0 Å². The minimum atomic E-state index is -4.08. The summed E-state index contributed by atoms with van der Waals surface area (Å²) in [7, 11) is -2.58. The Hall–Kier alpha value is -3.17. The number of benzene rings is 3. The SMILES string of the molecule is CNC(=O)C(C)N(Cc1ccccc1C)C(=O)CN(c1cccc(Br)c1)S(=O)(=O)c1ccc(C)cc1. The van der Waals surface area contributed by atoms with Crippen molar-refractivity contribution in [1.29, 1.82) is 0 Å². The van der Waals surface area contributed by atoms with Gasteiger partial charge in [0.1, 0.15) is 12.6 Å². The number of likely N-dealkylation sites (N-methyl/N-ethyl adjacent to an activating group) is 1. The highest BCUT2D eigenvalue weighted by Crippen LogP contribution is 2.27. The quantitative estimate of drug-likeness (QED) is 0.411. The molecule has 0 heterocycles. The van der Waals surface area contributed by atoms with Crippen molar-refractivity contribution in [3.8, 4) is 0 Å². The number of hydrogen-bond acceptors (Lipinski definition) is 4. The predicted molar refractivity (Wildman–Crippen MR) is 145 cm³/mol. The van der Waals surface area contributed by atoms with Gasteiger partial charge >= 0.3 is 0 Å². The Morgan fingerprint density at radius 1 is 0.972 bits per heavy atom. The molecule has 1 atom stereocenters. The van der Waals surface area contributed by atoms with Crippen LogP contribution in [-0.2, 0) is 26.2 Å². The van der Waals surface area contributed by atoms with Crippen LogP contribution in [0.3, 0.4) is 0 Å². The van der Waals surface area contributed by atoms with E-state index in [1.165, 1.54) is 24.1 Å². The van der Waals surface area contributed by atoms with Crippen molar-refractivity contribution >= 4 is 43.5 Å². The molecule has 9 heteroatoms. The molecule has 3 rings (SSSR count). The minimum Gasteiger partial charge on any atom is -0.357 e. The van der Waals surface area contributed by atoms with Crippen molar-refractivity contribution in [1.82, 2.24) is 10.2 Å². The van der Waals surface area contributed by atoms with Crippen LogP contribution in [0.1, 0.15) is 23.6 Å². The molecule has 7 nitrogen and oxygen atoms in total. The fourth-order valence-corrected chi connectivity index (χ4v) is 5.55. The van der Waals surface area contributed by atoms with Crippen LogP contribution in [0.2, 0.25) is 0 Å². The van der Waals surface area contributed by atoms with Crippen molar-refractivity contribution < 1.29 is 18.0 Å². The van der Waals surface area contributed by atoms with Gasteiger partial charge in [-0.25, -0.2) is 8.42 Å². The van der Waals surface area contributed by atoms with Crippen LogP contribution in [-0.4, -0.2) is 44.8 Å². The van der Waals surface area contributed by atoms with Gasteiger partial charge in [0.15, 0.2) is 0 Å². The third kappa shape index (κ3) is 6.33. The van der Waals surface area contributed by atoms with Gasteiger partial charge in [0.05, 0.1) is 10.6 Å². The summed E-state index contributed by atoms with van der Waals surface area (Å²) in [6.45, 7) is 5.12. The fraction of sp³-hybridized carbons (Fsp3) is 0.259. The third-order valence-electron chi connectivity index (χ3n) is 6.00. The first-order chi connectivity index (χ1) is 17.0. The summed E-state index contributed by atoms with van der Waals surface area (Å²) < 4.78 is 29.3. The summed E-state index contributed by atoms with van der Waals surface area (Å²) in [5.74, 6) is -0.836. The third-order valence-corrected chi connectivity index (χ3v) is 8.28. The second-order valence-corrected chi connectivity index (χ2v) is 11.3. The predicted octanol–water partition coefficient (Wildman–Crippen LogP) is 4.42. The number of aryl methyl sites for hydroxylation is 2. The first kappa shape index (κ1) is 27.4. The van der Waals surface area contributed by atoms with Crippen molar-refractivity contribution in [2.75, 3.05) is 17.9 Å². The van der Waals surface area contributed by atoms with E-state index in [0.29, 0.717) is 10.2 Å². The van der Waals surface area contributed by atoms with E-state index < -0.39 is 28.5 Å². The smallest absolute Gasteiger partial charge is 0.264 e. The fourth-order valence-electron chi connectivity index (χ4n) is 3.76. The van der Waals surface area contributed by atoms with Gasteiger partial charge in [0.25, 0.3) is 10.0 Å². The van der Waals surface area contributed by atoms with E-state index in [0.717, 1.165) is 21.0 Å². The molecule has 0 radical (unpaired) electrons. The van der Waals surface area contributed by atoms with Gasteiger partial charge in [-0.1, -0.05) is 64.0 Å². The van der Waals surface area contributed by atoms with Crippen LogP contribution in [0.5, 0.6) is 0 Å². The zero-order valence-corrected chi connectivity index (χ0v) is 23.1. The van der Waals surface area contributed by atoms with Crippen molar-refractivity contribution in [3.05, 3.63) is 94.0 Å². The largest absolute Gasteiger partial charge is 0.357 e. The summed E-state index contributed by atoms with van der Waals surface area (Å²) in [5, 5.41) is 2.58. The molecule has 190 valence electrons. The Labute approximate surface area is 221 Å². The summed E-state index contributed by atoms with van der Waals surface area (Å²) in [4.78, 5) is 27.8. The number of hydrogen-bond donors (Lipinski definition) is 1. The highest BCUT2D eigenvalue weighted by molar-refractivity contribution is 9.10. The molecule has 1 N–H and O–H groups in total. The zero-order chi connectivity index (χ0) is 26.5. The summed E-state index contributed by atoms with van der Waals surface area (Å²) in [6, 6.07) is 20.0. The van der Waals surface area contributed by atoms with Crippen LogP contribution in [0.15, 0.2) is 82.2 Å². The van der Waals surface area contributed by atoms with E-state index in [1.807, 2.05) is 38.1 Å². The van der Waals surface area contributed by atoms with Gasteiger partial charge in [-0.05, 0) is 62.2 Å². The van der Waals surface area contributed by atoms with Gasteiger partial charge < -0.3 is 10.2 Å². The zero-order valence-electron chi connectivity index (χ0n) is 20.7. The lowest BCUT2D eigenvalue weighted by atomic mass is 10.1. The Morgan fingerprint density at radius 3 is 2.25 bits per heavy atom. The lowest BCUT2D eigenvalue weighted by Gasteiger charge is -2.32. The Morgan fingerprint density at radius 2 is 1.64 bits per heavy atom. The average molecular weight is 573 g/mol. The summed E-state index contributed by atoms with van der Waals surface area (Å²) >= 11 is 3.39. The Balaban J connectivity index is 2.05. The van der Waals surface area contributed by atoms with E-state index in [-0.39, 0.29) is 17.3 Å². The highest BCUT2D eigenvalue weighted by atomic mass is 79.9. The minimum absolute atomic E-state index is 0.0747. The first-order valence-corrected chi connectivity index (χ1v) is 13.7. The second-order valence-electron chi connectivity index (χ2n) is 8.54. The van der Waals surface area contributed by atoms with Crippen molar-refractivity contribution in [2.45, 2.75) is 38.3 Å². The number of carbonyl (C=O) groups is 2. The number of halogens is 1. The molecule has 0 saturated heterocycles.